The summed E-state index contributed by atoms with van der Waals surface area (Å²) in [4.78, 5) is 0.172. The number of nitrogens with one attached hydrogen (secondary N) is 1. The van der Waals surface area contributed by atoms with E-state index in [1.165, 1.54) is 18.2 Å². The van der Waals surface area contributed by atoms with Crippen molar-refractivity contribution in [3.05, 3.63) is 29.3 Å². The molecule has 0 aliphatic heterocycles. The number of hydrogen-bond donors (Lipinski definition) is 1. The second-order valence-corrected chi connectivity index (χ2v) is 6.36. The van der Waals surface area contributed by atoms with E-state index in [1.807, 2.05) is 13.0 Å². The molecule has 1 rings (SSSR count). The molecule has 6 heteroatoms. The van der Waals surface area contributed by atoms with E-state index in [4.69, 9.17) is 10.00 Å². The highest BCUT2D eigenvalue weighted by molar-refractivity contribution is 7.89. The van der Waals surface area contributed by atoms with Gasteiger partial charge in [0, 0.05) is 13.2 Å². The molecular formula is C14H20N2O3S. The monoisotopic (exact) mass is 296 g/mol. The largest absolute Gasteiger partial charge is 0.383 e. The summed E-state index contributed by atoms with van der Waals surface area (Å²) in [5, 5.41) is 8.87. The molecule has 1 N–H and O–H groups in total. The molecule has 0 aromatic heterocycles. The standard InChI is InChI=1S/C14H20N2O3S/c1-4-5-13(10-19-3)16-20(17,18)14-7-6-12(9-15)11(2)8-14/h6-8,13,16H,4-5,10H2,1-3H3. The van der Waals surface area contributed by atoms with Crippen LogP contribution in [0.15, 0.2) is 23.1 Å². The van der Waals surface area contributed by atoms with Gasteiger partial charge in [-0.2, -0.15) is 5.26 Å². The van der Waals surface area contributed by atoms with E-state index in [9.17, 15) is 8.42 Å². The molecule has 0 fully saturated rings. The van der Waals surface area contributed by atoms with Crippen LogP contribution in [0.3, 0.4) is 0 Å². The van der Waals surface area contributed by atoms with E-state index in [0.29, 0.717) is 24.2 Å². The zero-order chi connectivity index (χ0) is 15.2. The van der Waals surface area contributed by atoms with Crippen LogP contribution in [0, 0.1) is 18.3 Å². The number of hydrogen-bond acceptors (Lipinski definition) is 4. The lowest BCUT2D eigenvalue weighted by Crippen LogP contribution is -2.37. The number of methoxy groups -OCH3 is 1. The summed E-state index contributed by atoms with van der Waals surface area (Å²) in [7, 11) is -2.05. The molecule has 1 aromatic rings. The van der Waals surface area contributed by atoms with Gasteiger partial charge >= 0.3 is 0 Å². The van der Waals surface area contributed by atoms with Crippen LogP contribution in [0.2, 0.25) is 0 Å². The molecule has 0 bridgehead atoms. The van der Waals surface area contributed by atoms with Crippen LogP contribution < -0.4 is 4.72 Å². The minimum Gasteiger partial charge on any atom is -0.383 e. The van der Waals surface area contributed by atoms with Gasteiger partial charge in [0.1, 0.15) is 0 Å². The first-order chi connectivity index (χ1) is 9.44. The third-order valence-corrected chi connectivity index (χ3v) is 4.47. The first kappa shape index (κ1) is 16.6. The SMILES string of the molecule is CCCC(COC)NS(=O)(=O)c1ccc(C#N)c(C)c1. The van der Waals surface area contributed by atoms with Crippen LogP contribution in [0.1, 0.15) is 30.9 Å². The summed E-state index contributed by atoms with van der Waals surface area (Å²) >= 11 is 0. The molecule has 0 saturated heterocycles. The average Bonchev–Trinajstić information content (AvgIpc) is 2.38. The molecule has 5 nitrogen and oxygen atoms in total. The predicted molar refractivity (Wildman–Crippen MR) is 76.8 cm³/mol. The van der Waals surface area contributed by atoms with Gasteiger partial charge in [-0.05, 0) is 37.1 Å². The Bertz CT molecular complexity index is 585. The number of ether oxygens (including phenoxy) is 1. The molecule has 1 unspecified atom stereocenters. The molecular weight excluding hydrogens is 276 g/mol. The minimum absolute atomic E-state index is 0.172. The Morgan fingerprint density at radius 3 is 2.65 bits per heavy atom. The van der Waals surface area contributed by atoms with Crippen molar-refractivity contribution in [3.63, 3.8) is 0 Å². The van der Waals surface area contributed by atoms with Crippen LogP contribution >= 0.6 is 0 Å². The highest BCUT2D eigenvalue weighted by Crippen LogP contribution is 2.15. The molecule has 0 spiro atoms. The lowest BCUT2D eigenvalue weighted by molar-refractivity contribution is 0.171. The summed E-state index contributed by atoms with van der Waals surface area (Å²) in [6, 6.07) is 6.26. The van der Waals surface area contributed by atoms with Crippen LogP contribution in [-0.2, 0) is 14.8 Å². The van der Waals surface area contributed by atoms with Crippen molar-refractivity contribution in [2.24, 2.45) is 0 Å². The van der Waals surface area contributed by atoms with E-state index in [2.05, 4.69) is 4.72 Å². The van der Waals surface area contributed by atoms with E-state index in [-0.39, 0.29) is 10.9 Å². The lowest BCUT2D eigenvalue weighted by atomic mass is 10.1. The van der Waals surface area contributed by atoms with Crippen LogP contribution in [0.4, 0.5) is 0 Å². The first-order valence-corrected chi connectivity index (χ1v) is 7.95. The smallest absolute Gasteiger partial charge is 0.240 e. The number of rotatable bonds is 7. The van der Waals surface area contributed by atoms with Crippen molar-refractivity contribution < 1.29 is 13.2 Å². The summed E-state index contributed by atoms with van der Waals surface area (Å²) < 4.78 is 32.3. The van der Waals surface area contributed by atoms with Crippen molar-refractivity contribution in [2.75, 3.05) is 13.7 Å². The Hall–Kier alpha value is -1.42. The number of sulfonamides is 1. The van der Waals surface area contributed by atoms with Crippen molar-refractivity contribution in [1.82, 2.24) is 4.72 Å². The quantitative estimate of drug-likeness (QED) is 0.834. The van der Waals surface area contributed by atoms with Crippen LogP contribution in [0.5, 0.6) is 0 Å². The van der Waals surface area contributed by atoms with Gasteiger partial charge in [0.05, 0.1) is 23.1 Å². The maximum atomic E-state index is 12.3. The minimum atomic E-state index is -3.59. The normalized spacial score (nSPS) is 12.9. The van der Waals surface area contributed by atoms with Gasteiger partial charge in [-0.15, -0.1) is 0 Å². The Kier molecular flexibility index (Phi) is 6.14. The molecule has 0 heterocycles. The molecule has 20 heavy (non-hydrogen) atoms. The van der Waals surface area contributed by atoms with Crippen molar-refractivity contribution in [2.45, 2.75) is 37.6 Å². The van der Waals surface area contributed by atoms with Gasteiger partial charge in [0.15, 0.2) is 0 Å². The molecule has 1 atom stereocenters. The maximum Gasteiger partial charge on any atom is 0.240 e. The van der Waals surface area contributed by atoms with Gasteiger partial charge in [-0.1, -0.05) is 13.3 Å². The zero-order valence-electron chi connectivity index (χ0n) is 12.0. The van der Waals surface area contributed by atoms with Gasteiger partial charge in [0.2, 0.25) is 10.0 Å². The summed E-state index contributed by atoms with van der Waals surface area (Å²) in [6.45, 7) is 4.04. The fourth-order valence-corrected chi connectivity index (χ4v) is 3.28. The molecule has 0 saturated carbocycles. The molecule has 110 valence electrons. The number of aryl methyl sites for hydroxylation is 1. The summed E-state index contributed by atoms with van der Waals surface area (Å²) in [6.07, 6.45) is 1.57. The molecule has 0 radical (unpaired) electrons. The topological polar surface area (TPSA) is 79.2 Å². The fourth-order valence-electron chi connectivity index (χ4n) is 1.94. The van der Waals surface area contributed by atoms with Gasteiger partial charge in [-0.3, -0.25) is 0 Å². The average molecular weight is 296 g/mol. The van der Waals surface area contributed by atoms with Gasteiger partial charge in [0.25, 0.3) is 0 Å². The summed E-state index contributed by atoms with van der Waals surface area (Å²) in [5.41, 5.74) is 1.13. The molecule has 0 aliphatic rings. The highest BCUT2D eigenvalue weighted by Gasteiger charge is 2.20. The number of nitriles is 1. The number of nitrogens with zero attached hydrogens (tertiary/aromatic N) is 1. The maximum absolute atomic E-state index is 12.3. The molecule has 0 amide bonds. The van der Waals surface area contributed by atoms with E-state index >= 15 is 0 Å². The Morgan fingerprint density at radius 1 is 1.45 bits per heavy atom. The highest BCUT2D eigenvalue weighted by atomic mass is 32.2. The predicted octanol–water partition coefficient (Wildman–Crippen LogP) is 1.96. The second-order valence-electron chi connectivity index (χ2n) is 4.65. The summed E-state index contributed by atoms with van der Waals surface area (Å²) in [5.74, 6) is 0. The number of benzene rings is 1. The molecule has 1 aromatic carbocycles. The molecule has 0 aliphatic carbocycles. The third-order valence-electron chi connectivity index (χ3n) is 2.96. The first-order valence-electron chi connectivity index (χ1n) is 6.46. The Labute approximate surface area is 120 Å². The van der Waals surface area contributed by atoms with Gasteiger partial charge in [-0.25, -0.2) is 13.1 Å². The van der Waals surface area contributed by atoms with E-state index in [1.54, 1.807) is 14.0 Å². The lowest BCUT2D eigenvalue weighted by Gasteiger charge is -2.17. The fraction of sp³-hybridized carbons (Fsp3) is 0.500. The van der Waals surface area contributed by atoms with Crippen molar-refractivity contribution in [3.8, 4) is 6.07 Å². The van der Waals surface area contributed by atoms with Crippen LogP contribution in [0.25, 0.3) is 0 Å². The second kappa shape index (κ2) is 7.39. The van der Waals surface area contributed by atoms with Crippen LogP contribution in [-0.4, -0.2) is 28.2 Å². The van der Waals surface area contributed by atoms with E-state index in [0.717, 1.165) is 6.42 Å². The zero-order valence-corrected chi connectivity index (χ0v) is 12.8. The van der Waals surface area contributed by atoms with Gasteiger partial charge < -0.3 is 4.74 Å². The van der Waals surface area contributed by atoms with Crippen molar-refractivity contribution in [1.29, 1.82) is 5.26 Å². The van der Waals surface area contributed by atoms with E-state index < -0.39 is 10.0 Å². The van der Waals surface area contributed by atoms with Crippen molar-refractivity contribution >= 4 is 10.0 Å². The Morgan fingerprint density at radius 2 is 2.15 bits per heavy atom. The third kappa shape index (κ3) is 4.30. The Balaban J connectivity index is 2.98.